The Hall–Kier alpha value is -3.04. The highest BCUT2D eigenvalue weighted by atomic mass is 35.5. The van der Waals surface area contributed by atoms with Gasteiger partial charge >= 0.3 is 0 Å². The summed E-state index contributed by atoms with van der Waals surface area (Å²) < 4.78 is 5.80. The van der Waals surface area contributed by atoms with Crippen LogP contribution in [0.3, 0.4) is 0 Å². The van der Waals surface area contributed by atoms with E-state index in [4.69, 9.17) is 16.3 Å². The molecular formula is C23H23ClN4O4S. The highest BCUT2D eigenvalue weighted by Crippen LogP contribution is 2.54. The van der Waals surface area contributed by atoms with Crippen molar-refractivity contribution in [2.45, 2.75) is 32.1 Å². The Kier molecular flexibility index (Phi) is 6.36. The third kappa shape index (κ3) is 4.30. The number of fused-ring (bicyclic) bond motifs is 2. The Morgan fingerprint density at radius 1 is 1.18 bits per heavy atom. The molecule has 33 heavy (non-hydrogen) atoms. The number of amides is 3. The fourth-order valence-electron chi connectivity index (χ4n) is 3.85. The van der Waals surface area contributed by atoms with Gasteiger partial charge in [0.1, 0.15) is 5.75 Å². The maximum Gasteiger partial charge on any atom is 0.270 e. The van der Waals surface area contributed by atoms with Gasteiger partial charge in [-0.2, -0.15) is 5.01 Å². The van der Waals surface area contributed by atoms with Gasteiger partial charge in [0.2, 0.25) is 16.7 Å². The number of aryl methyl sites for hydroxylation is 1. The maximum absolute atomic E-state index is 13.8. The van der Waals surface area contributed by atoms with Crippen LogP contribution in [0.15, 0.2) is 47.6 Å². The van der Waals surface area contributed by atoms with Gasteiger partial charge in [0, 0.05) is 31.0 Å². The third-order valence-electron chi connectivity index (χ3n) is 5.28. The monoisotopic (exact) mass is 486 g/mol. The molecule has 0 saturated carbocycles. The second-order valence-electron chi connectivity index (χ2n) is 7.80. The zero-order chi connectivity index (χ0) is 23.8. The zero-order valence-corrected chi connectivity index (χ0v) is 20.0. The number of benzene rings is 2. The zero-order valence-electron chi connectivity index (χ0n) is 18.4. The maximum atomic E-state index is 13.8. The van der Waals surface area contributed by atoms with Crippen LogP contribution in [0.4, 0.5) is 5.69 Å². The number of rotatable bonds is 5. The Labute approximate surface area is 200 Å². The summed E-state index contributed by atoms with van der Waals surface area (Å²) in [5.41, 5.74) is 2.36. The quantitative estimate of drug-likeness (QED) is 0.652. The minimum absolute atomic E-state index is 0.182. The molecule has 3 amide bonds. The van der Waals surface area contributed by atoms with Gasteiger partial charge in [-0.1, -0.05) is 29.3 Å². The van der Waals surface area contributed by atoms with Crippen molar-refractivity contribution in [3.63, 3.8) is 0 Å². The normalized spacial score (nSPS) is 19.0. The summed E-state index contributed by atoms with van der Waals surface area (Å²) in [5, 5.41) is 8.57. The number of hydrogen-bond acceptors (Lipinski definition) is 6. The van der Waals surface area contributed by atoms with Crippen molar-refractivity contribution >= 4 is 51.9 Å². The van der Waals surface area contributed by atoms with E-state index >= 15 is 0 Å². The fourth-order valence-corrected chi connectivity index (χ4v) is 5.35. The molecule has 10 heteroatoms. The van der Waals surface area contributed by atoms with Crippen molar-refractivity contribution in [3.05, 3.63) is 58.6 Å². The first-order chi connectivity index (χ1) is 15.7. The van der Waals surface area contributed by atoms with E-state index in [0.717, 1.165) is 28.1 Å². The lowest BCUT2D eigenvalue weighted by molar-refractivity contribution is -0.139. The average molecular weight is 487 g/mol. The van der Waals surface area contributed by atoms with Crippen LogP contribution in [-0.2, 0) is 19.3 Å². The number of carbonyl (C=O) groups is 3. The molecule has 2 aliphatic rings. The van der Waals surface area contributed by atoms with Crippen LogP contribution in [-0.4, -0.2) is 41.0 Å². The van der Waals surface area contributed by atoms with Crippen LogP contribution in [0, 0.1) is 6.92 Å². The fraction of sp³-hybridized carbons (Fsp3) is 0.304. The number of nitrogens with one attached hydrogen (secondary N) is 1. The standard InChI is InChI=1S/C23H23ClN4O4S/c1-14-5-8-18(9-6-14)32-12-4-11-27-20-10-7-17(24)13-19(20)23(21(27)31)28(16(3)30)26-22(33-23)25-15(2)29/h5-10,13H,4,11-12H2,1-3H3,(H,25,26,29)/t23-/m1/s1. The molecule has 172 valence electrons. The van der Waals surface area contributed by atoms with Crippen molar-refractivity contribution in [1.82, 2.24) is 10.3 Å². The SMILES string of the molecule is CC(=O)NC1=NN(C(C)=O)[C@]2(S1)C(=O)N(CCCOc1ccc(C)cc1)c1ccc(Cl)cc12. The van der Waals surface area contributed by atoms with Crippen molar-refractivity contribution in [1.29, 1.82) is 0 Å². The molecule has 1 atom stereocenters. The van der Waals surface area contributed by atoms with Gasteiger partial charge in [0.25, 0.3) is 5.91 Å². The molecule has 0 radical (unpaired) electrons. The molecule has 2 heterocycles. The van der Waals surface area contributed by atoms with Gasteiger partial charge in [0.15, 0.2) is 5.17 Å². The molecule has 0 aliphatic carbocycles. The smallest absolute Gasteiger partial charge is 0.270 e. The van der Waals surface area contributed by atoms with Gasteiger partial charge in [0.05, 0.1) is 12.3 Å². The molecule has 8 nitrogen and oxygen atoms in total. The highest BCUT2D eigenvalue weighted by molar-refractivity contribution is 8.15. The van der Waals surface area contributed by atoms with Crippen molar-refractivity contribution in [2.24, 2.45) is 5.10 Å². The number of thioether (sulfide) groups is 1. The number of amidine groups is 1. The number of hydrazone groups is 1. The lowest BCUT2D eigenvalue weighted by Crippen LogP contribution is -2.48. The van der Waals surface area contributed by atoms with Crippen LogP contribution < -0.4 is 15.0 Å². The first-order valence-corrected chi connectivity index (χ1v) is 11.6. The molecule has 0 fully saturated rings. The predicted molar refractivity (Wildman–Crippen MR) is 128 cm³/mol. The molecule has 0 aromatic heterocycles. The number of hydrogen-bond donors (Lipinski definition) is 1. The lowest BCUT2D eigenvalue weighted by atomic mass is 10.1. The van der Waals surface area contributed by atoms with Crippen LogP contribution in [0.25, 0.3) is 0 Å². The number of ether oxygens (including phenoxy) is 1. The summed E-state index contributed by atoms with van der Waals surface area (Å²) in [4.78, 5) is 38.0. The van der Waals surface area contributed by atoms with E-state index < -0.39 is 10.8 Å². The van der Waals surface area contributed by atoms with Crippen LogP contribution in [0.5, 0.6) is 5.75 Å². The van der Waals surface area contributed by atoms with E-state index in [0.29, 0.717) is 35.8 Å². The van der Waals surface area contributed by atoms with Crippen molar-refractivity contribution in [3.8, 4) is 5.75 Å². The van der Waals surface area contributed by atoms with E-state index in [9.17, 15) is 14.4 Å². The molecule has 0 bridgehead atoms. The predicted octanol–water partition coefficient (Wildman–Crippen LogP) is 3.62. The molecule has 2 aromatic rings. The molecule has 0 unspecified atom stereocenters. The number of halogens is 1. The van der Waals surface area contributed by atoms with Crippen LogP contribution in [0.1, 0.15) is 31.4 Å². The summed E-state index contributed by atoms with van der Waals surface area (Å²) in [7, 11) is 0. The molecule has 2 aliphatic heterocycles. The lowest BCUT2D eigenvalue weighted by Gasteiger charge is -2.29. The van der Waals surface area contributed by atoms with E-state index in [1.807, 2.05) is 31.2 Å². The largest absolute Gasteiger partial charge is 0.494 e. The number of anilines is 1. The van der Waals surface area contributed by atoms with E-state index in [1.54, 1.807) is 23.1 Å². The van der Waals surface area contributed by atoms with Gasteiger partial charge < -0.3 is 15.0 Å². The second-order valence-corrected chi connectivity index (χ2v) is 9.41. The highest BCUT2D eigenvalue weighted by Gasteiger charge is 2.61. The van der Waals surface area contributed by atoms with E-state index in [1.165, 1.54) is 13.8 Å². The average Bonchev–Trinajstić information content (AvgIpc) is 3.24. The minimum Gasteiger partial charge on any atom is -0.494 e. The Morgan fingerprint density at radius 2 is 1.91 bits per heavy atom. The molecule has 2 aromatic carbocycles. The van der Waals surface area contributed by atoms with Gasteiger partial charge in [-0.25, -0.2) is 0 Å². The molecule has 1 spiro atoms. The minimum atomic E-state index is -1.46. The van der Waals surface area contributed by atoms with E-state index in [-0.39, 0.29) is 17.0 Å². The number of carbonyl (C=O) groups excluding carboxylic acids is 3. The van der Waals surface area contributed by atoms with Crippen molar-refractivity contribution < 1.29 is 19.1 Å². The molecular weight excluding hydrogens is 464 g/mol. The number of nitrogens with zero attached hydrogens (tertiary/aromatic N) is 3. The summed E-state index contributed by atoms with van der Waals surface area (Å²) in [5.74, 6) is -0.325. The first-order valence-electron chi connectivity index (χ1n) is 10.4. The van der Waals surface area contributed by atoms with Gasteiger partial charge in [-0.3, -0.25) is 14.4 Å². The molecule has 0 saturated heterocycles. The van der Waals surface area contributed by atoms with E-state index in [2.05, 4.69) is 10.4 Å². The van der Waals surface area contributed by atoms with Crippen LogP contribution in [0.2, 0.25) is 5.02 Å². The Balaban J connectivity index is 1.58. The summed E-state index contributed by atoms with van der Waals surface area (Å²) in [6, 6.07) is 12.9. The van der Waals surface area contributed by atoms with Crippen molar-refractivity contribution in [2.75, 3.05) is 18.1 Å². The second kappa shape index (κ2) is 9.07. The van der Waals surface area contributed by atoms with Gasteiger partial charge in [-0.05, 0) is 55.4 Å². The third-order valence-corrected chi connectivity index (χ3v) is 6.76. The Bertz CT molecular complexity index is 1150. The first kappa shape index (κ1) is 23.1. The molecule has 4 rings (SSSR count). The van der Waals surface area contributed by atoms with Gasteiger partial charge in [-0.15, -0.1) is 5.10 Å². The summed E-state index contributed by atoms with van der Waals surface area (Å²) in [6.07, 6.45) is 0.571. The summed E-state index contributed by atoms with van der Waals surface area (Å²) >= 11 is 7.29. The molecule has 1 N–H and O–H groups in total. The summed E-state index contributed by atoms with van der Waals surface area (Å²) in [6.45, 7) is 5.48. The topological polar surface area (TPSA) is 91.3 Å². The Morgan fingerprint density at radius 3 is 2.58 bits per heavy atom. The van der Waals surface area contributed by atoms with Crippen LogP contribution >= 0.6 is 23.4 Å².